The van der Waals surface area contributed by atoms with Gasteiger partial charge < -0.3 is 33.8 Å². The lowest BCUT2D eigenvalue weighted by Crippen LogP contribution is -2.30. The lowest BCUT2D eigenvalue weighted by Gasteiger charge is -2.21. The maximum Gasteiger partial charge on any atom is 0.472 e. The van der Waals surface area contributed by atoms with Gasteiger partial charge in [-0.2, -0.15) is 0 Å². The number of phosphoric ester groups is 2. The zero-order valence-electron chi connectivity index (χ0n) is 62.7. The molecule has 19 heteroatoms. The van der Waals surface area contributed by atoms with Gasteiger partial charge in [0.25, 0.3) is 0 Å². The Balaban J connectivity index is 5.11. The standard InChI is InChI=1S/C77H150O17P2/c1-7-9-11-13-14-15-16-17-18-19-20-24-27-30-33-36-42-48-54-60-75(80)88-66-73(94-76(81)61-55-49-43-37-34-31-28-25-22-21-23-26-29-32-35-40-46-51-57-69(3)4)68-92-96(85,86)90-64-71(78)63-89-95(83,84)91-67-72(65-87-74(79)59-53-45-12-10-8-2)93-77(82)62-56-50-44-39-38-41-47-52-58-70(5)6/h69-73,78H,7-68H2,1-6H3,(H,83,84)(H,85,86)/t71-,72+,73+/m0/s1. The van der Waals surface area contributed by atoms with E-state index in [2.05, 4.69) is 41.5 Å². The molecule has 17 nitrogen and oxygen atoms in total. The normalized spacial score (nSPS) is 14.0. The molecular formula is C77H150O17P2. The van der Waals surface area contributed by atoms with E-state index >= 15 is 0 Å². The van der Waals surface area contributed by atoms with Crippen LogP contribution in [0.3, 0.4) is 0 Å². The number of carbonyl (C=O) groups is 4. The topological polar surface area (TPSA) is 237 Å². The molecule has 0 radical (unpaired) electrons. The molecule has 0 aliphatic rings. The monoisotopic (exact) mass is 1410 g/mol. The number of carbonyl (C=O) groups excluding carboxylic acids is 4. The summed E-state index contributed by atoms with van der Waals surface area (Å²) in [4.78, 5) is 72.5. The average molecular weight is 1410 g/mol. The molecule has 0 aromatic heterocycles. The van der Waals surface area contributed by atoms with E-state index in [-0.39, 0.29) is 25.7 Å². The van der Waals surface area contributed by atoms with E-state index in [1.54, 1.807) is 0 Å². The highest BCUT2D eigenvalue weighted by Gasteiger charge is 2.30. The van der Waals surface area contributed by atoms with Crippen LogP contribution < -0.4 is 0 Å². The largest absolute Gasteiger partial charge is 0.472 e. The van der Waals surface area contributed by atoms with Crippen LogP contribution in [0.2, 0.25) is 0 Å². The Morgan fingerprint density at radius 2 is 0.479 bits per heavy atom. The van der Waals surface area contributed by atoms with Crippen molar-refractivity contribution in [3.05, 3.63) is 0 Å². The van der Waals surface area contributed by atoms with Crippen LogP contribution in [0.15, 0.2) is 0 Å². The molecule has 0 saturated heterocycles. The SMILES string of the molecule is CCCCCCCCCCCCCCCCCCCCCC(=O)OC[C@H](COP(=O)(O)OC[C@@H](O)COP(=O)(O)OC[C@@H](COC(=O)CCCCCCC)OC(=O)CCCCCCCCCCC(C)C)OC(=O)CCCCCCCCCCCCCCCCCCCCC(C)C. The summed E-state index contributed by atoms with van der Waals surface area (Å²) in [5.74, 6) is -0.590. The van der Waals surface area contributed by atoms with Crippen LogP contribution in [0.5, 0.6) is 0 Å². The second kappa shape index (κ2) is 68.8. The van der Waals surface area contributed by atoms with Crippen molar-refractivity contribution >= 4 is 39.5 Å². The fraction of sp³-hybridized carbons (Fsp3) is 0.948. The molecule has 0 heterocycles. The first-order valence-electron chi connectivity index (χ1n) is 40.0. The van der Waals surface area contributed by atoms with Crippen LogP contribution in [0.1, 0.15) is 401 Å². The number of esters is 4. The molecule has 0 spiro atoms. The third-order valence-electron chi connectivity index (χ3n) is 18.0. The summed E-state index contributed by atoms with van der Waals surface area (Å²) in [5.41, 5.74) is 0. The zero-order valence-corrected chi connectivity index (χ0v) is 64.5. The number of hydrogen-bond donors (Lipinski definition) is 3. The van der Waals surface area contributed by atoms with Crippen molar-refractivity contribution in [2.75, 3.05) is 39.6 Å². The van der Waals surface area contributed by atoms with Gasteiger partial charge in [0.05, 0.1) is 26.4 Å². The molecule has 3 N–H and O–H groups in total. The van der Waals surface area contributed by atoms with Crippen molar-refractivity contribution in [2.45, 2.75) is 419 Å². The number of unbranched alkanes of at least 4 members (excludes halogenated alkanes) is 46. The molecule has 2 unspecified atom stereocenters. The first kappa shape index (κ1) is 94.1. The molecule has 0 aliphatic heterocycles. The maximum absolute atomic E-state index is 13.1. The van der Waals surface area contributed by atoms with Crippen LogP contribution in [0.4, 0.5) is 0 Å². The Kier molecular flexibility index (Phi) is 67.4. The smallest absolute Gasteiger partial charge is 0.462 e. The Morgan fingerprint density at radius 3 is 0.708 bits per heavy atom. The Morgan fingerprint density at radius 1 is 0.281 bits per heavy atom. The van der Waals surface area contributed by atoms with Crippen molar-refractivity contribution < 1.29 is 80.2 Å². The predicted octanol–water partition coefficient (Wildman–Crippen LogP) is 22.7. The summed E-state index contributed by atoms with van der Waals surface area (Å²) in [6.45, 7) is 9.50. The number of aliphatic hydroxyl groups is 1. The summed E-state index contributed by atoms with van der Waals surface area (Å²) in [6, 6.07) is 0. The van der Waals surface area contributed by atoms with Gasteiger partial charge in [0.1, 0.15) is 19.3 Å². The molecule has 0 amide bonds. The minimum Gasteiger partial charge on any atom is -0.462 e. The lowest BCUT2D eigenvalue weighted by atomic mass is 10.0. The molecule has 0 aromatic rings. The number of aliphatic hydroxyl groups excluding tert-OH is 1. The Bertz CT molecular complexity index is 1860. The van der Waals surface area contributed by atoms with Gasteiger partial charge >= 0.3 is 39.5 Å². The summed E-state index contributed by atoms with van der Waals surface area (Å²) >= 11 is 0. The quantitative estimate of drug-likeness (QED) is 0.0222. The van der Waals surface area contributed by atoms with Crippen molar-refractivity contribution in [1.82, 2.24) is 0 Å². The molecule has 0 aliphatic carbocycles. The first-order chi connectivity index (χ1) is 46.4. The van der Waals surface area contributed by atoms with Crippen molar-refractivity contribution in [3.8, 4) is 0 Å². The molecule has 5 atom stereocenters. The van der Waals surface area contributed by atoms with E-state index < -0.39 is 97.5 Å². The minimum atomic E-state index is -4.96. The van der Waals surface area contributed by atoms with E-state index in [1.807, 2.05) is 0 Å². The van der Waals surface area contributed by atoms with Crippen molar-refractivity contribution in [3.63, 3.8) is 0 Å². The molecule has 0 bridgehead atoms. The molecule has 0 saturated carbocycles. The summed E-state index contributed by atoms with van der Waals surface area (Å²) in [6.07, 6.45) is 57.6. The molecule has 0 rings (SSSR count). The third kappa shape index (κ3) is 70.5. The van der Waals surface area contributed by atoms with Crippen molar-refractivity contribution in [1.29, 1.82) is 0 Å². The summed E-state index contributed by atoms with van der Waals surface area (Å²) in [5, 5.41) is 10.6. The van der Waals surface area contributed by atoms with Gasteiger partial charge in [-0.15, -0.1) is 0 Å². The number of rotatable bonds is 76. The third-order valence-corrected chi connectivity index (χ3v) is 19.9. The van der Waals surface area contributed by atoms with Gasteiger partial charge in [0, 0.05) is 25.7 Å². The molecule has 96 heavy (non-hydrogen) atoms. The molecular weight excluding hydrogens is 1260 g/mol. The number of ether oxygens (including phenoxy) is 4. The van der Waals surface area contributed by atoms with E-state index in [9.17, 15) is 43.2 Å². The second-order valence-corrected chi connectivity index (χ2v) is 31.6. The molecule has 570 valence electrons. The molecule has 0 aromatic carbocycles. The first-order valence-corrected chi connectivity index (χ1v) is 43.0. The summed E-state index contributed by atoms with van der Waals surface area (Å²) in [7, 11) is -9.90. The highest BCUT2D eigenvalue weighted by Crippen LogP contribution is 2.45. The average Bonchev–Trinajstić information content (AvgIpc) is 1.18. The van der Waals surface area contributed by atoms with Crippen LogP contribution >= 0.6 is 15.6 Å². The number of phosphoric acid groups is 2. The van der Waals surface area contributed by atoms with Gasteiger partial charge in [0.2, 0.25) is 0 Å². The van der Waals surface area contributed by atoms with E-state index in [0.29, 0.717) is 25.7 Å². The van der Waals surface area contributed by atoms with Gasteiger partial charge in [-0.25, -0.2) is 9.13 Å². The zero-order chi connectivity index (χ0) is 70.7. The predicted molar refractivity (Wildman–Crippen MR) is 391 cm³/mol. The Hall–Kier alpha value is -1.94. The van der Waals surface area contributed by atoms with Crippen molar-refractivity contribution in [2.24, 2.45) is 11.8 Å². The highest BCUT2D eigenvalue weighted by molar-refractivity contribution is 7.47. The maximum atomic E-state index is 13.1. The highest BCUT2D eigenvalue weighted by atomic mass is 31.2. The lowest BCUT2D eigenvalue weighted by molar-refractivity contribution is -0.161. The number of hydrogen-bond acceptors (Lipinski definition) is 15. The Labute approximate surface area is 588 Å². The van der Waals surface area contributed by atoms with Crippen LogP contribution in [-0.2, 0) is 65.4 Å². The fourth-order valence-electron chi connectivity index (χ4n) is 11.8. The van der Waals surface area contributed by atoms with Crippen LogP contribution in [-0.4, -0.2) is 96.7 Å². The van der Waals surface area contributed by atoms with Crippen LogP contribution in [0.25, 0.3) is 0 Å². The van der Waals surface area contributed by atoms with E-state index in [0.717, 1.165) is 108 Å². The molecule has 0 fully saturated rings. The van der Waals surface area contributed by atoms with Crippen LogP contribution in [0, 0.1) is 11.8 Å². The minimum absolute atomic E-state index is 0.104. The van der Waals surface area contributed by atoms with E-state index in [4.69, 9.17) is 37.0 Å². The summed E-state index contributed by atoms with van der Waals surface area (Å²) < 4.78 is 68.3. The van der Waals surface area contributed by atoms with Gasteiger partial charge in [-0.05, 0) is 37.5 Å². The fourth-order valence-corrected chi connectivity index (χ4v) is 13.4. The van der Waals surface area contributed by atoms with Gasteiger partial charge in [-0.1, -0.05) is 350 Å². The van der Waals surface area contributed by atoms with E-state index in [1.165, 1.54) is 212 Å². The van der Waals surface area contributed by atoms with Gasteiger partial charge in [-0.3, -0.25) is 37.3 Å². The van der Waals surface area contributed by atoms with Gasteiger partial charge in [0.15, 0.2) is 12.2 Å². The second-order valence-electron chi connectivity index (χ2n) is 28.7.